The van der Waals surface area contributed by atoms with Crippen LogP contribution in [0.1, 0.15) is 15.9 Å². The standard InChI is InChI=1S/C20H21ClN2O3/c1-3-12-26-18-10-4-15(5-11-18)14-23(2)19(24)13-22-20(25)16-6-8-17(21)9-7-16/h3-11H,1,12-14H2,2H3,(H,22,25). The van der Waals surface area contributed by atoms with Gasteiger partial charge in [0.15, 0.2) is 0 Å². The Balaban J connectivity index is 1.82. The molecule has 2 amide bonds. The molecule has 0 radical (unpaired) electrons. The predicted octanol–water partition coefficient (Wildman–Crippen LogP) is 3.29. The van der Waals surface area contributed by atoms with E-state index < -0.39 is 0 Å². The highest BCUT2D eigenvalue weighted by atomic mass is 35.5. The molecule has 0 saturated carbocycles. The molecular weight excluding hydrogens is 352 g/mol. The molecule has 0 spiro atoms. The zero-order valence-corrected chi connectivity index (χ0v) is 15.3. The Labute approximate surface area is 158 Å². The molecular formula is C20H21ClN2O3. The molecule has 6 heteroatoms. The quantitative estimate of drug-likeness (QED) is 0.723. The van der Waals surface area contributed by atoms with Gasteiger partial charge in [-0.05, 0) is 42.0 Å². The smallest absolute Gasteiger partial charge is 0.251 e. The zero-order chi connectivity index (χ0) is 18.9. The lowest BCUT2D eigenvalue weighted by molar-refractivity contribution is -0.129. The van der Waals surface area contributed by atoms with Gasteiger partial charge in [0.05, 0.1) is 6.54 Å². The van der Waals surface area contributed by atoms with Gasteiger partial charge in [0.2, 0.25) is 5.91 Å². The van der Waals surface area contributed by atoms with Crippen LogP contribution in [0.25, 0.3) is 0 Å². The first-order valence-electron chi connectivity index (χ1n) is 8.10. The van der Waals surface area contributed by atoms with Crippen LogP contribution in [0.3, 0.4) is 0 Å². The minimum absolute atomic E-state index is 0.0709. The van der Waals surface area contributed by atoms with Crippen molar-refractivity contribution in [1.82, 2.24) is 10.2 Å². The summed E-state index contributed by atoms with van der Waals surface area (Å²) in [6.07, 6.45) is 1.68. The maximum Gasteiger partial charge on any atom is 0.251 e. The van der Waals surface area contributed by atoms with Crippen molar-refractivity contribution < 1.29 is 14.3 Å². The van der Waals surface area contributed by atoms with E-state index >= 15 is 0 Å². The topological polar surface area (TPSA) is 58.6 Å². The summed E-state index contributed by atoms with van der Waals surface area (Å²) in [6, 6.07) is 14.0. The van der Waals surface area contributed by atoms with Gasteiger partial charge in [-0.3, -0.25) is 9.59 Å². The molecule has 2 aromatic carbocycles. The van der Waals surface area contributed by atoms with Crippen molar-refractivity contribution in [2.24, 2.45) is 0 Å². The summed E-state index contributed by atoms with van der Waals surface area (Å²) in [7, 11) is 1.69. The predicted molar refractivity (Wildman–Crippen MR) is 102 cm³/mol. The van der Waals surface area contributed by atoms with E-state index in [1.54, 1.807) is 42.3 Å². The Morgan fingerprint density at radius 1 is 1.15 bits per heavy atom. The molecule has 5 nitrogen and oxygen atoms in total. The molecule has 1 N–H and O–H groups in total. The van der Waals surface area contributed by atoms with Crippen LogP contribution in [0.2, 0.25) is 5.02 Å². The average molecular weight is 373 g/mol. The third-order valence-corrected chi connectivity index (χ3v) is 3.90. The first-order valence-corrected chi connectivity index (χ1v) is 8.47. The summed E-state index contributed by atoms with van der Waals surface area (Å²) in [4.78, 5) is 25.8. The number of likely N-dealkylation sites (N-methyl/N-ethyl adjacent to an activating group) is 1. The van der Waals surface area contributed by atoms with Gasteiger partial charge >= 0.3 is 0 Å². The molecule has 0 aliphatic carbocycles. The zero-order valence-electron chi connectivity index (χ0n) is 14.6. The van der Waals surface area contributed by atoms with Crippen LogP contribution in [0.5, 0.6) is 5.75 Å². The van der Waals surface area contributed by atoms with E-state index in [4.69, 9.17) is 16.3 Å². The number of nitrogens with zero attached hydrogens (tertiary/aromatic N) is 1. The molecule has 136 valence electrons. The maximum atomic E-state index is 12.2. The molecule has 0 aliphatic rings. The number of carbonyl (C=O) groups is 2. The molecule has 0 aliphatic heterocycles. The second kappa shape index (κ2) is 9.63. The van der Waals surface area contributed by atoms with Crippen molar-refractivity contribution in [2.45, 2.75) is 6.54 Å². The van der Waals surface area contributed by atoms with E-state index in [1.807, 2.05) is 24.3 Å². The van der Waals surface area contributed by atoms with E-state index in [0.717, 1.165) is 11.3 Å². The summed E-state index contributed by atoms with van der Waals surface area (Å²) in [5.74, 6) is 0.254. The summed E-state index contributed by atoms with van der Waals surface area (Å²) in [5.41, 5.74) is 1.43. The van der Waals surface area contributed by atoms with Crippen molar-refractivity contribution in [3.63, 3.8) is 0 Å². The molecule has 2 rings (SSSR count). The Bertz CT molecular complexity index is 758. The van der Waals surface area contributed by atoms with E-state index in [0.29, 0.717) is 23.7 Å². The highest BCUT2D eigenvalue weighted by Gasteiger charge is 2.12. The van der Waals surface area contributed by atoms with Crippen LogP contribution in [0.4, 0.5) is 0 Å². The Kier molecular flexibility index (Phi) is 7.24. The Hall–Kier alpha value is -2.79. The second-order valence-electron chi connectivity index (χ2n) is 5.68. The van der Waals surface area contributed by atoms with Crippen molar-refractivity contribution in [3.05, 3.63) is 77.3 Å². The first-order chi connectivity index (χ1) is 12.5. The summed E-state index contributed by atoms with van der Waals surface area (Å²) in [5, 5.41) is 3.17. The minimum Gasteiger partial charge on any atom is -0.490 e. The van der Waals surface area contributed by atoms with Gasteiger partial charge in [0.25, 0.3) is 5.91 Å². The van der Waals surface area contributed by atoms with E-state index in [1.165, 1.54) is 0 Å². The number of nitrogens with one attached hydrogen (secondary N) is 1. The van der Waals surface area contributed by atoms with Gasteiger partial charge in [0.1, 0.15) is 12.4 Å². The van der Waals surface area contributed by atoms with Crippen LogP contribution in [0.15, 0.2) is 61.2 Å². The lowest BCUT2D eigenvalue weighted by Gasteiger charge is -2.18. The van der Waals surface area contributed by atoms with Crippen LogP contribution >= 0.6 is 11.6 Å². The lowest BCUT2D eigenvalue weighted by atomic mass is 10.2. The number of carbonyl (C=O) groups excluding carboxylic acids is 2. The molecule has 2 aromatic rings. The number of amides is 2. The van der Waals surface area contributed by atoms with E-state index in [-0.39, 0.29) is 18.4 Å². The van der Waals surface area contributed by atoms with Crippen molar-refractivity contribution >= 4 is 23.4 Å². The minimum atomic E-state index is -0.313. The van der Waals surface area contributed by atoms with Gasteiger partial charge in [-0.1, -0.05) is 36.4 Å². The van der Waals surface area contributed by atoms with Crippen LogP contribution in [-0.2, 0) is 11.3 Å². The highest BCUT2D eigenvalue weighted by molar-refractivity contribution is 6.30. The molecule has 0 fully saturated rings. The van der Waals surface area contributed by atoms with Crippen LogP contribution < -0.4 is 10.1 Å². The third-order valence-electron chi connectivity index (χ3n) is 3.64. The number of ether oxygens (including phenoxy) is 1. The van der Waals surface area contributed by atoms with E-state index in [2.05, 4.69) is 11.9 Å². The molecule has 0 aromatic heterocycles. The average Bonchev–Trinajstić information content (AvgIpc) is 2.65. The number of rotatable bonds is 8. The Morgan fingerprint density at radius 2 is 1.81 bits per heavy atom. The first kappa shape index (κ1) is 19.5. The third kappa shape index (κ3) is 5.93. The largest absolute Gasteiger partial charge is 0.490 e. The van der Waals surface area contributed by atoms with Crippen molar-refractivity contribution in [1.29, 1.82) is 0 Å². The SMILES string of the molecule is C=CCOc1ccc(CN(C)C(=O)CNC(=O)c2ccc(Cl)cc2)cc1. The molecule has 26 heavy (non-hydrogen) atoms. The van der Waals surface area contributed by atoms with Crippen LogP contribution in [0, 0.1) is 0 Å². The highest BCUT2D eigenvalue weighted by Crippen LogP contribution is 2.13. The molecule has 0 heterocycles. The summed E-state index contributed by atoms with van der Waals surface area (Å²) in [6.45, 7) is 4.42. The monoisotopic (exact) mass is 372 g/mol. The fourth-order valence-corrected chi connectivity index (χ4v) is 2.33. The normalized spacial score (nSPS) is 10.1. The fraction of sp³-hybridized carbons (Fsp3) is 0.200. The van der Waals surface area contributed by atoms with Crippen molar-refractivity contribution in [3.8, 4) is 5.75 Å². The molecule has 0 saturated heterocycles. The molecule has 0 bridgehead atoms. The fourth-order valence-electron chi connectivity index (χ4n) is 2.20. The number of benzene rings is 2. The number of halogens is 1. The van der Waals surface area contributed by atoms with E-state index in [9.17, 15) is 9.59 Å². The summed E-state index contributed by atoms with van der Waals surface area (Å²) >= 11 is 5.79. The van der Waals surface area contributed by atoms with Crippen LogP contribution in [-0.4, -0.2) is 36.9 Å². The van der Waals surface area contributed by atoms with Gasteiger partial charge in [-0.15, -0.1) is 0 Å². The molecule has 0 atom stereocenters. The van der Waals surface area contributed by atoms with Gasteiger partial charge < -0.3 is 15.0 Å². The maximum absolute atomic E-state index is 12.2. The van der Waals surface area contributed by atoms with Crippen molar-refractivity contribution in [2.75, 3.05) is 20.2 Å². The van der Waals surface area contributed by atoms with Gasteiger partial charge in [-0.25, -0.2) is 0 Å². The summed E-state index contributed by atoms with van der Waals surface area (Å²) < 4.78 is 5.42. The Morgan fingerprint density at radius 3 is 2.42 bits per heavy atom. The molecule has 0 unspecified atom stereocenters. The number of hydrogen-bond acceptors (Lipinski definition) is 3. The second-order valence-corrected chi connectivity index (χ2v) is 6.12. The lowest BCUT2D eigenvalue weighted by Crippen LogP contribution is -2.37. The number of hydrogen-bond donors (Lipinski definition) is 1. The van der Waals surface area contributed by atoms with Gasteiger partial charge in [0, 0.05) is 24.2 Å². The van der Waals surface area contributed by atoms with Gasteiger partial charge in [-0.2, -0.15) is 0 Å².